The van der Waals surface area contributed by atoms with Gasteiger partial charge in [-0.1, -0.05) is 25.1 Å². The maximum absolute atomic E-state index is 12.0. The number of carbonyl (C=O) groups is 1. The summed E-state index contributed by atoms with van der Waals surface area (Å²) in [6, 6.07) is 7.80. The van der Waals surface area contributed by atoms with E-state index >= 15 is 0 Å². The highest BCUT2D eigenvalue weighted by Gasteiger charge is 2.27. The van der Waals surface area contributed by atoms with Gasteiger partial charge in [-0.3, -0.25) is 9.69 Å². The molecule has 0 fully saturated rings. The molecule has 1 atom stereocenters. The van der Waals surface area contributed by atoms with Gasteiger partial charge in [0.25, 0.3) is 0 Å². The minimum absolute atomic E-state index is 0.135. The average molecular weight is 263 g/mol. The van der Waals surface area contributed by atoms with E-state index in [4.69, 9.17) is 9.47 Å². The summed E-state index contributed by atoms with van der Waals surface area (Å²) in [6.07, 6.45) is 0.751. The molecule has 0 aromatic heterocycles. The van der Waals surface area contributed by atoms with Crippen molar-refractivity contribution in [1.82, 2.24) is 4.90 Å². The molecule has 1 aromatic rings. The molecule has 0 radical (unpaired) electrons. The van der Waals surface area contributed by atoms with Crippen molar-refractivity contribution < 1.29 is 14.3 Å². The normalized spacial score (nSPS) is 16.9. The number of rotatable bonds is 4. The summed E-state index contributed by atoms with van der Waals surface area (Å²) in [7, 11) is 0. The van der Waals surface area contributed by atoms with Gasteiger partial charge in [0.05, 0.1) is 6.61 Å². The van der Waals surface area contributed by atoms with Crippen LogP contribution in [-0.2, 0) is 16.1 Å². The van der Waals surface area contributed by atoms with E-state index in [9.17, 15) is 4.79 Å². The van der Waals surface area contributed by atoms with E-state index in [0.717, 1.165) is 30.8 Å². The van der Waals surface area contributed by atoms with Crippen molar-refractivity contribution >= 4 is 5.97 Å². The van der Waals surface area contributed by atoms with Gasteiger partial charge in [-0.25, -0.2) is 0 Å². The van der Waals surface area contributed by atoms with Gasteiger partial charge in [0.1, 0.15) is 18.4 Å². The van der Waals surface area contributed by atoms with Crippen LogP contribution in [0.2, 0.25) is 0 Å². The van der Waals surface area contributed by atoms with Crippen molar-refractivity contribution in [3.63, 3.8) is 0 Å². The number of para-hydroxylation sites is 1. The van der Waals surface area contributed by atoms with Crippen LogP contribution in [0.3, 0.4) is 0 Å². The molecular weight excluding hydrogens is 242 g/mol. The highest BCUT2D eigenvalue weighted by molar-refractivity contribution is 5.75. The monoisotopic (exact) mass is 263 g/mol. The first kappa shape index (κ1) is 13.9. The van der Waals surface area contributed by atoms with Crippen molar-refractivity contribution in [1.29, 1.82) is 0 Å². The maximum atomic E-state index is 12.0. The number of fused-ring (bicyclic) bond motifs is 1. The number of benzene rings is 1. The lowest BCUT2D eigenvalue weighted by Crippen LogP contribution is -2.42. The van der Waals surface area contributed by atoms with Crippen LogP contribution in [0.15, 0.2) is 24.3 Å². The topological polar surface area (TPSA) is 38.8 Å². The molecule has 0 saturated heterocycles. The Morgan fingerprint density at radius 2 is 2.21 bits per heavy atom. The summed E-state index contributed by atoms with van der Waals surface area (Å²) in [5.41, 5.74) is 1.13. The molecule has 4 heteroatoms. The zero-order valence-corrected chi connectivity index (χ0v) is 11.6. The second-order valence-electron chi connectivity index (χ2n) is 4.60. The lowest BCUT2D eigenvalue weighted by molar-refractivity contribution is -0.150. The van der Waals surface area contributed by atoms with E-state index in [-0.39, 0.29) is 12.0 Å². The summed E-state index contributed by atoms with van der Waals surface area (Å²) in [5, 5.41) is 0. The highest BCUT2D eigenvalue weighted by atomic mass is 16.5. The minimum Gasteiger partial charge on any atom is -0.492 e. The Kier molecular flexibility index (Phi) is 4.80. The van der Waals surface area contributed by atoms with Crippen molar-refractivity contribution in [2.24, 2.45) is 0 Å². The molecule has 0 spiro atoms. The summed E-state index contributed by atoms with van der Waals surface area (Å²) in [5.74, 6) is 0.785. The first-order valence-electron chi connectivity index (χ1n) is 6.87. The quantitative estimate of drug-likeness (QED) is 0.781. The molecule has 0 saturated carbocycles. The molecule has 1 heterocycles. The molecule has 1 aliphatic heterocycles. The first-order chi connectivity index (χ1) is 9.26. The largest absolute Gasteiger partial charge is 0.492 e. The molecule has 0 N–H and O–H groups in total. The van der Waals surface area contributed by atoms with Crippen molar-refractivity contribution in [2.45, 2.75) is 32.9 Å². The lowest BCUT2D eigenvalue weighted by Gasteiger charge is -2.27. The Bertz CT molecular complexity index is 433. The van der Waals surface area contributed by atoms with Gasteiger partial charge >= 0.3 is 5.97 Å². The van der Waals surface area contributed by atoms with Gasteiger partial charge in [0.2, 0.25) is 0 Å². The van der Waals surface area contributed by atoms with Crippen LogP contribution in [0.25, 0.3) is 0 Å². The fraction of sp³-hybridized carbons (Fsp3) is 0.533. The van der Waals surface area contributed by atoms with Gasteiger partial charge in [-0.15, -0.1) is 0 Å². The average Bonchev–Trinajstić information content (AvgIpc) is 2.62. The molecule has 104 valence electrons. The van der Waals surface area contributed by atoms with Gasteiger partial charge in [0.15, 0.2) is 0 Å². The van der Waals surface area contributed by atoms with Crippen LogP contribution >= 0.6 is 0 Å². The van der Waals surface area contributed by atoms with E-state index in [0.29, 0.717) is 13.2 Å². The third-order valence-corrected chi connectivity index (χ3v) is 3.37. The van der Waals surface area contributed by atoms with E-state index in [1.54, 1.807) is 0 Å². The molecule has 19 heavy (non-hydrogen) atoms. The van der Waals surface area contributed by atoms with Crippen LogP contribution in [0, 0.1) is 0 Å². The van der Waals surface area contributed by atoms with Crippen molar-refractivity contribution in [2.75, 3.05) is 19.8 Å². The molecule has 1 unspecified atom stereocenters. The van der Waals surface area contributed by atoms with Crippen molar-refractivity contribution in [3.05, 3.63) is 29.8 Å². The van der Waals surface area contributed by atoms with Crippen LogP contribution in [0.1, 0.15) is 25.8 Å². The van der Waals surface area contributed by atoms with E-state index < -0.39 is 0 Å². The molecule has 1 aromatic carbocycles. The predicted octanol–water partition coefficient (Wildman–Crippen LogP) is 2.22. The summed E-state index contributed by atoms with van der Waals surface area (Å²) in [4.78, 5) is 14.1. The molecule has 2 rings (SSSR count). The Hall–Kier alpha value is -1.55. The highest BCUT2D eigenvalue weighted by Crippen LogP contribution is 2.24. The minimum atomic E-state index is -0.185. The van der Waals surface area contributed by atoms with Gasteiger partial charge in [0, 0.05) is 18.7 Å². The van der Waals surface area contributed by atoms with Crippen molar-refractivity contribution in [3.8, 4) is 5.75 Å². The second kappa shape index (κ2) is 6.57. The van der Waals surface area contributed by atoms with E-state index in [1.807, 2.05) is 38.1 Å². The van der Waals surface area contributed by atoms with E-state index in [1.165, 1.54) is 0 Å². The van der Waals surface area contributed by atoms with Gasteiger partial charge in [-0.2, -0.15) is 0 Å². The van der Waals surface area contributed by atoms with Crippen LogP contribution in [0.5, 0.6) is 5.75 Å². The van der Waals surface area contributed by atoms with Crippen LogP contribution in [-0.4, -0.2) is 36.7 Å². The molecule has 0 aliphatic carbocycles. The Morgan fingerprint density at radius 1 is 1.42 bits per heavy atom. The lowest BCUT2D eigenvalue weighted by atomic mass is 10.1. The Balaban J connectivity index is 2.14. The number of esters is 1. The Morgan fingerprint density at radius 3 is 2.95 bits per heavy atom. The Labute approximate surface area is 114 Å². The summed E-state index contributed by atoms with van der Waals surface area (Å²) >= 11 is 0. The van der Waals surface area contributed by atoms with Crippen LogP contribution in [0.4, 0.5) is 0 Å². The fourth-order valence-electron chi connectivity index (χ4n) is 2.42. The predicted molar refractivity (Wildman–Crippen MR) is 73.1 cm³/mol. The number of carbonyl (C=O) groups excluding carboxylic acids is 1. The van der Waals surface area contributed by atoms with E-state index in [2.05, 4.69) is 4.90 Å². The maximum Gasteiger partial charge on any atom is 0.323 e. The zero-order chi connectivity index (χ0) is 13.7. The SMILES string of the molecule is CCOC(=O)C(CC)N1CCOc2ccccc2C1. The third-order valence-electron chi connectivity index (χ3n) is 3.37. The number of hydrogen-bond acceptors (Lipinski definition) is 4. The van der Waals surface area contributed by atoms with Gasteiger partial charge < -0.3 is 9.47 Å². The second-order valence-corrected chi connectivity index (χ2v) is 4.60. The zero-order valence-electron chi connectivity index (χ0n) is 11.6. The molecule has 0 amide bonds. The van der Waals surface area contributed by atoms with Gasteiger partial charge in [-0.05, 0) is 19.4 Å². The number of nitrogens with zero attached hydrogens (tertiary/aromatic N) is 1. The fourth-order valence-corrected chi connectivity index (χ4v) is 2.42. The number of ether oxygens (including phenoxy) is 2. The molecule has 1 aliphatic rings. The number of hydrogen-bond donors (Lipinski definition) is 0. The molecule has 4 nitrogen and oxygen atoms in total. The summed E-state index contributed by atoms with van der Waals surface area (Å²) in [6.45, 7) is 6.35. The third kappa shape index (κ3) is 3.26. The summed E-state index contributed by atoms with van der Waals surface area (Å²) < 4.78 is 10.9. The van der Waals surface area contributed by atoms with Crippen LogP contribution < -0.4 is 4.74 Å². The molecule has 0 bridgehead atoms. The first-order valence-corrected chi connectivity index (χ1v) is 6.87. The smallest absolute Gasteiger partial charge is 0.323 e. The molecular formula is C15H21NO3. The standard InChI is InChI=1S/C15H21NO3/c1-3-13(15(17)18-4-2)16-9-10-19-14-8-6-5-7-12(14)11-16/h5-8,13H,3-4,9-11H2,1-2H3.